The number of carboxylic acid groups (broad SMARTS) is 1. The van der Waals surface area contributed by atoms with Crippen molar-refractivity contribution in [3.63, 3.8) is 0 Å². The summed E-state index contributed by atoms with van der Waals surface area (Å²) >= 11 is 12.4. The summed E-state index contributed by atoms with van der Waals surface area (Å²) in [7, 11) is 1.38. The molecule has 16 heteroatoms. The molecule has 4 aliphatic rings. The van der Waals surface area contributed by atoms with Crippen LogP contribution in [0.3, 0.4) is 0 Å². The number of carbonyl (C=O) groups is 2. The van der Waals surface area contributed by atoms with Crippen LogP contribution in [-0.4, -0.2) is 119 Å². The zero-order valence-corrected chi connectivity index (χ0v) is 49.5. The van der Waals surface area contributed by atoms with Crippen molar-refractivity contribution in [2.75, 3.05) is 82.4 Å². The number of piperazine rings is 2. The number of benzene rings is 4. The Balaban J connectivity index is 0.000000174. The van der Waals surface area contributed by atoms with E-state index in [9.17, 15) is 14.7 Å². The van der Waals surface area contributed by atoms with Gasteiger partial charge in [-0.15, -0.1) is 0 Å². The van der Waals surface area contributed by atoms with E-state index < -0.39 is 11.9 Å². The summed E-state index contributed by atoms with van der Waals surface area (Å²) in [5, 5.41) is 13.2. The van der Waals surface area contributed by atoms with Gasteiger partial charge in [-0.2, -0.15) is 0 Å². The van der Waals surface area contributed by atoms with Crippen molar-refractivity contribution in [2.24, 2.45) is 10.8 Å². The van der Waals surface area contributed by atoms with E-state index in [2.05, 4.69) is 91.5 Å². The number of halogens is 2. The Morgan fingerprint density at radius 1 is 0.566 bits per heavy atom. The van der Waals surface area contributed by atoms with Crippen LogP contribution in [0.4, 0.5) is 11.4 Å². The molecule has 3 N–H and O–H groups in total. The third-order valence-electron chi connectivity index (χ3n) is 16.8. The molecule has 4 aromatic carbocycles. The molecule has 83 heavy (non-hydrogen) atoms. The SMILES string of the molecule is CC1(C)CCC(CN2CCN(c3ccc(C(=O)O)c(Oc4cnc5[nH]ccc5c4)c3)CC2)=C(c2ccc(Cl)cc2)C1.COC(=O)c1ccc(N2CCN(CC3=C(c4ccc(Cl)cc4)CC(C)(C)CC3)CC2)cc1Oc1cnc2[nH]ccc2c1. The number of ether oxygens (including phenoxy) is 3. The van der Waals surface area contributed by atoms with Crippen LogP contribution < -0.4 is 19.3 Å². The molecule has 12 rings (SSSR count). The zero-order chi connectivity index (χ0) is 57.8. The van der Waals surface area contributed by atoms with Crippen molar-refractivity contribution >= 4 is 79.7 Å². The van der Waals surface area contributed by atoms with Gasteiger partial charge in [0.15, 0.2) is 0 Å². The number of aromatic nitrogens is 4. The van der Waals surface area contributed by atoms with Gasteiger partial charge >= 0.3 is 11.9 Å². The summed E-state index contributed by atoms with van der Waals surface area (Å²) in [4.78, 5) is 49.2. The third-order valence-corrected chi connectivity index (χ3v) is 17.3. The summed E-state index contributed by atoms with van der Waals surface area (Å²) in [6, 6.07) is 35.3. The minimum absolute atomic E-state index is 0.128. The fourth-order valence-electron chi connectivity index (χ4n) is 12.0. The number of aromatic carboxylic acids is 1. The van der Waals surface area contributed by atoms with E-state index in [1.807, 2.05) is 85.2 Å². The fourth-order valence-corrected chi connectivity index (χ4v) is 12.3. The minimum atomic E-state index is -1.02. The van der Waals surface area contributed by atoms with Crippen molar-refractivity contribution in [3.8, 4) is 23.0 Å². The number of carbonyl (C=O) groups excluding carboxylic acids is 1. The standard InChI is InChI=1S/C34H37ClN4O3.C33H35ClN4O3/c1-34(2)12-10-25(30(20-34)23-4-6-26(35)7-5-23)22-38-14-16-39(17-15-38)27-8-9-29(33(40)41-3)31(19-27)42-28-18-24-11-13-36-32(24)37-21-28;1-33(2)11-9-24(29(19-33)22-3-5-25(34)6-4-22)21-37-13-15-38(16-14-37)26-7-8-28(32(39)40)30(18-26)41-27-17-23-10-12-35-31(23)36-20-27/h4-9,11,13,18-19,21H,10,12,14-17,20,22H2,1-3H3,(H,36,37);3-8,10,12,17-18,20H,9,11,13-16,19,21H2,1-2H3,(H,35,36)(H,39,40). The number of fused-ring (bicyclic) bond motifs is 2. The lowest BCUT2D eigenvalue weighted by atomic mass is 9.72. The first-order chi connectivity index (χ1) is 40.0. The highest BCUT2D eigenvalue weighted by atomic mass is 35.5. The molecule has 0 atom stereocenters. The number of H-pyrrole nitrogens is 2. The van der Waals surface area contributed by atoms with E-state index in [0.717, 1.165) is 135 Å². The van der Waals surface area contributed by atoms with Gasteiger partial charge in [-0.05, 0) is 144 Å². The van der Waals surface area contributed by atoms with Gasteiger partial charge in [0.2, 0.25) is 0 Å². The highest BCUT2D eigenvalue weighted by Gasteiger charge is 2.32. The van der Waals surface area contributed by atoms with Crippen LogP contribution in [0.25, 0.3) is 33.2 Å². The largest absolute Gasteiger partial charge is 0.478 e. The average molecular weight is 1160 g/mol. The van der Waals surface area contributed by atoms with E-state index in [-0.39, 0.29) is 5.56 Å². The number of allylic oxidation sites excluding steroid dienone is 2. The van der Waals surface area contributed by atoms with Crippen molar-refractivity contribution in [3.05, 3.63) is 177 Å². The summed E-state index contributed by atoms with van der Waals surface area (Å²) < 4.78 is 17.3. The molecule has 0 unspecified atom stereocenters. The molecule has 6 heterocycles. The van der Waals surface area contributed by atoms with Gasteiger partial charge in [0.1, 0.15) is 45.4 Å². The monoisotopic (exact) mass is 1150 g/mol. The quantitative estimate of drug-likeness (QED) is 0.0889. The summed E-state index contributed by atoms with van der Waals surface area (Å²) in [6.07, 6.45) is 13.7. The van der Waals surface area contributed by atoms with Gasteiger partial charge < -0.3 is 39.1 Å². The molecule has 430 valence electrons. The van der Waals surface area contributed by atoms with Gasteiger partial charge in [0.25, 0.3) is 0 Å². The first-order valence-electron chi connectivity index (χ1n) is 28.7. The summed E-state index contributed by atoms with van der Waals surface area (Å²) in [5.41, 5.74) is 13.3. The predicted octanol–water partition coefficient (Wildman–Crippen LogP) is 15.1. The van der Waals surface area contributed by atoms with Crippen molar-refractivity contribution in [2.45, 2.75) is 66.2 Å². The van der Waals surface area contributed by atoms with Gasteiger partial charge in [0.05, 0.1) is 19.5 Å². The van der Waals surface area contributed by atoms with Crippen LogP contribution in [0.5, 0.6) is 23.0 Å². The second-order valence-electron chi connectivity index (χ2n) is 23.9. The molecule has 0 radical (unpaired) electrons. The molecule has 0 saturated carbocycles. The number of esters is 1. The lowest BCUT2D eigenvalue weighted by Gasteiger charge is -2.39. The minimum Gasteiger partial charge on any atom is -0.478 e. The summed E-state index contributed by atoms with van der Waals surface area (Å²) in [5.74, 6) is 0.388. The Labute approximate surface area is 495 Å². The number of nitrogens with zero attached hydrogens (tertiary/aromatic N) is 6. The van der Waals surface area contributed by atoms with Crippen molar-refractivity contribution < 1.29 is 28.9 Å². The van der Waals surface area contributed by atoms with E-state index >= 15 is 0 Å². The molecule has 0 bridgehead atoms. The van der Waals surface area contributed by atoms with E-state index in [0.29, 0.717) is 39.4 Å². The highest BCUT2D eigenvalue weighted by molar-refractivity contribution is 6.30. The maximum absolute atomic E-state index is 12.5. The number of anilines is 2. The number of hydrogen-bond donors (Lipinski definition) is 3. The molecular formula is C67H72Cl2N8O6. The second kappa shape index (κ2) is 24.7. The molecule has 0 spiro atoms. The predicted molar refractivity (Wildman–Crippen MR) is 333 cm³/mol. The Morgan fingerprint density at radius 3 is 1.41 bits per heavy atom. The Morgan fingerprint density at radius 2 is 0.988 bits per heavy atom. The molecule has 8 aromatic rings. The van der Waals surface area contributed by atoms with Crippen LogP contribution >= 0.6 is 23.2 Å². The van der Waals surface area contributed by atoms with E-state index in [1.165, 1.54) is 47.8 Å². The highest BCUT2D eigenvalue weighted by Crippen LogP contribution is 2.45. The molecule has 2 aliphatic carbocycles. The first-order valence-corrected chi connectivity index (χ1v) is 29.5. The van der Waals surface area contributed by atoms with Crippen LogP contribution in [0.15, 0.2) is 145 Å². The lowest BCUT2D eigenvalue weighted by molar-refractivity contribution is 0.0597. The van der Waals surface area contributed by atoms with Gasteiger partial charge in [0, 0.05) is 122 Å². The first kappa shape index (κ1) is 57.2. The number of aromatic amines is 2. The number of hydrogen-bond acceptors (Lipinski definition) is 11. The number of rotatable bonds is 14. The molecule has 2 saturated heterocycles. The van der Waals surface area contributed by atoms with E-state index in [4.69, 9.17) is 37.4 Å². The van der Waals surface area contributed by atoms with Crippen molar-refractivity contribution in [1.29, 1.82) is 0 Å². The lowest BCUT2D eigenvalue weighted by Crippen LogP contribution is -2.47. The van der Waals surface area contributed by atoms with Crippen molar-refractivity contribution in [1.82, 2.24) is 29.7 Å². The van der Waals surface area contributed by atoms with Gasteiger partial charge in [-0.25, -0.2) is 19.6 Å². The van der Waals surface area contributed by atoms with Crippen LogP contribution in [-0.2, 0) is 4.74 Å². The smallest absolute Gasteiger partial charge is 0.341 e. The topological polar surface area (TPSA) is 152 Å². The zero-order valence-electron chi connectivity index (χ0n) is 47.9. The molecule has 14 nitrogen and oxygen atoms in total. The molecule has 2 fully saturated rings. The summed E-state index contributed by atoms with van der Waals surface area (Å²) in [6.45, 7) is 18.7. The Bertz CT molecular complexity index is 3700. The van der Waals surface area contributed by atoms with Crippen LogP contribution in [0, 0.1) is 10.8 Å². The normalized spacial score (nSPS) is 17.6. The number of methoxy groups -OCH3 is 1. The maximum Gasteiger partial charge on any atom is 0.341 e. The van der Waals surface area contributed by atoms with E-state index in [1.54, 1.807) is 30.1 Å². The fraction of sp³-hybridized carbons (Fsp3) is 0.343. The molecule has 4 aromatic heterocycles. The number of pyridine rings is 2. The Kier molecular flexibility index (Phi) is 17.0. The third kappa shape index (κ3) is 13.7. The maximum atomic E-state index is 12.5. The van der Waals surface area contributed by atoms with Gasteiger partial charge in [-0.3, -0.25) is 9.80 Å². The van der Waals surface area contributed by atoms with Crippen LogP contribution in [0.2, 0.25) is 10.0 Å². The molecule has 0 amide bonds. The average Bonchev–Trinajstić information content (AvgIpc) is 4.33. The molecular weight excluding hydrogens is 1080 g/mol. The second-order valence-corrected chi connectivity index (χ2v) is 24.8. The number of carboxylic acids is 1. The van der Waals surface area contributed by atoms with Crippen LogP contribution in [0.1, 0.15) is 98.1 Å². The Hall–Kier alpha value is -7.62. The molecule has 2 aliphatic heterocycles. The van der Waals surface area contributed by atoms with Gasteiger partial charge in [-0.1, -0.05) is 86.3 Å². The number of nitrogens with one attached hydrogen (secondary N) is 2.